The Kier molecular flexibility index (Phi) is 5.60. The van der Waals surface area contributed by atoms with Gasteiger partial charge in [-0.3, -0.25) is 9.00 Å². The fourth-order valence-corrected chi connectivity index (χ4v) is 3.83. The number of carbonyl (C=O) groups is 1. The minimum Gasteiger partial charge on any atom is -0.351 e. The number of amides is 1. The molecular weight excluding hydrogens is 360 g/mol. The van der Waals surface area contributed by atoms with Crippen molar-refractivity contribution in [1.29, 1.82) is 0 Å². The predicted molar refractivity (Wildman–Crippen MR) is 108 cm³/mol. The van der Waals surface area contributed by atoms with Crippen LogP contribution in [0.5, 0.6) is 0 Å². The summed E-state index contributed by atoms with van der Waals surface area (Å²) in [7, 11) is -1.33. The summed E-state index contributed by atoms with van der Waals surface area (Å²) < 4.78 is 16.3. The van der Waals surface area contributed by atoms with Crippen molar-refractivity contribution in [3.63, 3.8) is 0 Å². The van der Waals surface area contributed by atoms with Gasteiger partial charge in [0.2, 0.25) is 5.91 Å². The van der Waals surface area contributed by atoms with Crippen LogP contribution in [-0.2, 0) is 21.3 Å². The van der Waals surface area contributed by atoms with E-state index in [1.54, 1.807) is 6.20 Å². The highest BCUT2D eigenvalue weighted by molar-refractivity contribution is 7.84. The van der Waals surface area contributed by atoms with Crippen LogP contribution in [-0.4, -0.2) is 35.8 Å². The van der Waals surface area contributed by atoms with E-state index in [4.69, 9.17) is 0 Å². The standard InChI is InChI=1S/C20H24N4O2S/c1-20(2,3)22-18(25)15-27(26)14-16-13-21-24(17-9-5-4-6-10-17)19(16)23-11-7-8-12-23/h4-13H,14-15H2,1-3H3,(H,22,25). The zero-order chi connectivity index (χ0) is 19.4. The molecule has 0 aliphatic heterocycles. The predicted octanol–water partition coefficient (Wildman–Crippen LogP) is 2.83. The Morgan fingerprint density at radius 3 is 2.41 bits per heavy atom. The third-order valence-corrected chi connectivity index (χ3v) is 5.01. The van der Waals surface area contributed by atoms with Gasteiger partial charge in [-0.1, -0.05) is 18.2 Å². The number of hydrogen-bond acceptors (Lipinski definition) is 3. The first-order chi connectivity index (χ1) is 12.8. The average molecular weight is 385 g/mol. The molecule has 3 aromatic rings. The second-order valence-electron chi connectivity index (χ2n) is 7.36. The molecule has 1 unspecified atom stereocenters. The first kappa shape index (κ1) is 19.1. The quantitative estimate of drug-likeness (QED) is 0.710. The van der Waals surface area contributed by atoms with Crippen molar-refractivity contribution < 1.29 is 9.00 Å². The Morgan fingerprint density at radius 1 is 1.11 bits per heavy atom. The van der Waals surface area contributed by atoms with Crippen LogP contribution in [0.1, 0.15) is 26.3 Å². The lowest BCUT2D eigenvalue weighted by Gasteiger charge is -2.20. The van der Waals surface area contributed by atoms with Gasteiger partial charge < -0.3 is 9.88 Å². The van der Waals surface area contributed by atoms with Crippen molar-refractivity contribution in [3.05, 3.63) is 66.6 Å². The zero-order valence-corrected chi connectivity index (χ0v) is 16.6. The van der Waals surface area contributed by atoms with Gasteiger partial charge in [-0.15, -0.1) is 0 Å². The Hall–Kier alpha value is -2.67. The summed E-state index contributed by atoms with van der Waals surface area (Å²) in [6.07, 6.45) is 5.58. The molecule has 0 radical (unpaired) electrons. The molecule has 0 aliphatic rings. The summed E-state index contributed by atoms with van der Waals surface area (Å²) in [6.45, 7) is 5.71. The van der Waals surface area contributed by atoms with Gasteiger partial charge >= 0.3 is 0 Å². The highest BCUT2D eigenvalue weighted by atomic mass is 32.2. The molecule has 27 heavy (non-hydrogen) atoms. The summed E-state index contributed by atoms with van der Waals surface area (Å²) in [5.74, 6) is 0.853. The molecule has 7 heteroatoms. The fraction of sp³-hybridized carbons (Fsp3) is 0.300. The molecule has 6 nitrogen and oxygen atoms in total. The van der Waals surface area contributed by atoms with Crippen LogP contribution >= 0.6 is 0 Å². The number of rotatable bonds is 6. The molecule has 0 spiro atoms. The molecule has 0 bridgehead atoms. The van der Waals surface area contributed by atoms with Gasteiger partial charge in [0.1, 0.15) is 11.6 Å². The fourth-order valence-electron chi connectivity index (χ4n) is 2.81. The average Bonchev–Trinajstić information content (AvgIpc) is 3.22. The van der Waals surface area contributed by atoms with Crippen LogP contribution in [0.15, 0.2) is 61.1 Å². The van der Waals surface area contributed by atoms with Crippen molar-refractivity contribution in [1.82, 2.24) is 19.7 Å². The number of nitrogens with zero attached hydrogens (tertiary/aromatic N) is 3. The van der Waals surface area contributed by atoms with Crippen molar-refractivity contribution in [3.8, 4) is 11.5 Å². The van der Waals surface area contributed by atoms with Crippen LogP contribution in [0.3, 0.4) is 0 Å². The Bertz CT molecular complexity index is 925. The summed E-state index contributed by atoms with van der Waals surface area (Å²) in [5.41, 5.74) is 1.41. The zero-order valence-electron chi connectivity index (χ0n) is 15.8. The largest absolute Gasteiger partial charge is 0.351 e. The van der Waals surface area contributed by atoms with Crippen molar-refractivity contribution in [2.45, 2.75) is 32.1 Å². The molecule has 3 rings (SSSR count). The van der Waals surface area contributed by atoms with Gasteiger partial charge in [-0.2, -0.15) is 5.10 Å². The molecule has 2 aromatic heterocycles. The molecule has 2 heterocycles. The van der Waals surface area contributed by atoms with E-state index in [9.17, 15) is 9.00 Å². The molecule has 0 aliphatic carbocycles. The van der Waals surface area contributed by atoms with Gasteiger partial charge in [-0.05, 0) is 45.0 Å². The molecule has 0 fully saturated rings. The van der Waals surface area contributed by atoms with Crippen molar-refractivity contribution in [2.75, 3.05) is 5.75 Å². The lowest BCUT2D eigenvalue weighted by molar-refractivity contribution is -0.119. The maximum Gasteiger partial charge on any atom is 0.233 e. The molecule has 142 valence electrons. The third kappa shape index (κ3) is 4.95. The van der Waals surface area contributed by atoms with Gasteiger partial charge in [0, 0.05) is 34.3 Å². The molecular formula is C20H24N4O2S. The number of para-hydroxylation sites is 1. The van der Waals surface area contributed by atoms with Gasteiger partial charge in [0.05, 0.1) is 17.6 Å². The topological polar surface area (TPSA) is 68.9 Å². The first-order valence-corrected chi connectivity index (χ1v) is 10.2. The second-order valence-corrected chi connectivity index (χ2v) is 8.81. The van der Waals surface area contributed by atoms with Gasteiger partial charge in [-0.25, -0.2) is 4.68 Å². The van der Waals surface area contributed by atoms with E-state index >= 15 is 0 Å². The lowest BCUT2D eigenvalue weighted by atomic mass is 10.1. The highest BCUT2D eigenvalue weighted by Crippen LogP contribution is 2.21. The summed E-state index contributed by atoms with van der Waals surface area (Å²) >= 11 is 0. The smallest absolute Gasteiger partial charge is 0.233 e. The number of hydrogen-bond donors (Lipinski definition) is 1. The molecule has 1 N–H and O–H groups in total. The maximum atomic E-state index is 12.6. The van der Waals surface area contributed by atoms with E-state index in [0.717, 1.165) is 17.1 Å². The Balaban J connectivity index is 1.85. The molecule has 1 amide bonds. The Labute approximate surface area is 161 Å². The van der Waals surface area contributed by atoms with Gasteiger partial charge in [0.25, 0.3) is 0 Å². The summed E-state index contributed by atoms with van der Waals surface area (Å²) in [5, 5.41) is 7.35. The first-order valence-electron chi connectivity index (χ1n) is 8.75. The minimum atomic E-state index is -1.33. The molecule has 1 aromatic carbocycles. The second kappa shape index (κ2) is 7.92. The molecule has 1 atom stereocenters. The van der Waals surface area contributed by atoms with E-state index in [0.29, 0.717) is 0 Å². The summed E-state index contributed by atoms with van der Waals surface area (Å²) in [4.78, 5) is 12.1. The Morgan fingerprint density at radius 2 is 1.78 bits per heavy atom. The number of nitrogens with one attached hydrogen (secondary N) is 1. The number of carbonyl (C=O) groups excluding carboxylic acids is 1. The minimum absolute atomic E-state index is 0.0289. The van der Waals surface area contributed by atoms with Crippen LogP contribution in [0.25, 0.3) is 11.5 Å². The number of benzene rings is 1. The monoisotopic (exact) mass is 384 g/mol. The lowest BCUT2D eigenvalue weighted by Crippen LogP contribution is -2.42. The van der Waals surface area contributed by atoms with Crippen molar-refractivity contribution in [2.24, 2.45) is 0 Å². The van der Waals surface area contributed by atoms with E-state index < -0.39 is 10.8 Å². The maximum absolute atomic E-state index is 12.6. The van der Waals surface area contributed by atoms with Crippen LogP contribution in [0.2, 0.25) is 0 Å². The highest BCUT2D eigenvalue weighted by Gasteiger charge is 2.19. The van der Waals surface area contributed by atoms with Crippen LogP contribution in [0.4, 0.5) is 0 Å². The third-order valence-electron chi connectivity index (χ3n) is 3.79. The normalized spacial score (nSPS) is 12.7. The summed E-state index contributed by atoms with van der Waals surface area (Å²) in [6, 6.07) is 13.6. The molecule has 0 saturated heterocycles. The van der Waals surface area contributed by atoms with Crippen LogP contribution in [0, 0.1) is 0 Å². The van der Waals surface area contributed by atoms with E-state index in [-0.39, 0.29) is 23.0 Å². The van der Waals surface area contributed by atoms with E-state index in [2.05, 4.69) is 10.4 Å². The SMILES string of the molecule is CC(C)(C)NC(=O)CS(=O)Cc1cnn(-c2ccccc2)c1-n1cccc1. The molecule has 0 saturated carbocycles. The van der Waals surface area contributed by atoms with Crippen LogP contribution < -0.4 is 5.32 Å². The number of aromatic nitrogens is 3. The van der Waals surface area contributed by atoms with E-state index in [1.165, 1.54) is 0 Å². The van der Waals surface area contributed by atoms with E-state index in [1.807, 2.05) is 84.9 Å². The van der Waals surface area contributed by atoms with Crippen molar-refractivity contribution >= 4 is 16.7 Å². The van der Waals surface area contributed by atoms with Gasteiger partial charge in [0.15, 0.2) is 0 Å².